The molecule has 192 valence electrons. The summed E-state index contributed by atoms with van der Waals surface area (Å²) < 4.78 is 20.5. The third-order valence-electron chi connectivity index (χ3n) is 5.34. The minimum Gasteiger partial charge on any atom is -0.465 e. The number of thiocarbonyl (C=S) groups is 1. The third-order valence-corrected chi connectivity index (χ3v) is 7.37. The van der Waals surface area contributed by atoms with Gasteiger partial charge in [-0.2, -0.15) is 5.10 Å². The predicted octanol–water partition coefficient (Wildman–Crippen LogP) is 5.82. The summed E-state index contributed by atoms with van der Waals surface area (Å²) in [6, 6.07) is 4.42. The van der Waals surface area contributed by atoms with E-state index in [2.05, 4.69) is 15.7 Å². The summed E-state index contributed by atoms with van der Waals surface area (Å²) in [4.78, 5) is 27.5. The van der Waals surface area contributed by atoms with Crippen molar-refractivity contribution in [2.45, 2.75) is 27.3 Å². The molecule has 0 bridgehead atoms. The van der Waals surface area contributed by atoms with Crippen molar-refractivity contribution in [2.24, 2.45) is 0 Å². The van der Waals surface area contributed by atoms with Gasteiger partial charge < -0.3 is 20.3 Å². The van der Waals surface area contributed by atoms with Crippen LogP contribution in [0.5, 0.6) is 0 Å². The summed E-state index contributed by atoms with van der Waals surface area (Å²) in [5.74, 6) is -1.03. The number of halogens is 3. The zero-order valence-electron chi connectivity index (χ0n) is 19.9. The Balaban J connectivity index is 1.83. The normalized spacial score (nSPS) is 10.8. The van der Waals surface area contributed by atoms with Crippen molar-refractivity contribution in [3.63, 3.8) is 0 Å². The van der Waals surface area contributed by atoms with E-state index in [0.29, 0.717) is 28.5 Å². The molecule has 0 aliphatic heterocycles. The average Bonchev–Trinajstić information content (AvgIpc) is 3.34. The molecule has 2 heterocycles. The number of aromatic nitrogens is 2. The Bertz CT molecular complexity index is 1290. The lowest BCUT2D eigenvalue weighted by Crippen LogP contribution is -2.30. The van der Waals surface area contributed by atoms with Crippen LogP contribution >= 0.6 is 46.8 Å². The van der Waals surface area contributed by atoms with E-state index in [1.807, 2.05) is 13.8 Å². The van der Waals surface area contributed by atoms with Crippen LogP contribution in [0.3, 0.4) is 0 Å². The fraction of sp³-hybridized carbons (Fsp3) is 0.304. The van der Waals surface area contributed by atoms with Gasteiger partial charge in [0.1, 0.15) is 15.8 Å². The lowest BCUT2D eigenvalue weighted by atomic mass is 10.1. The van der Waals surface area contributed by atoms with Crippen molar-refractivity contribution in [3.8, 4) is 0 Å². The van der Waals surface area contributed by atoms with E-state index >= 15 is 0 Å². The molecule has 1 aromatic carbocycles. The molecule has 0 unspecified atom stereocenters. The Morgan fingerprint density at radius 2 is 1.92 bits per heavy atom. The molecule has 2 aromatic heterocycles. The maximum atomic E-state index is 14.1. The van der Waals surface area contributed by atoms with Gasteiger partial charge in [-0.05, 0) is 50.7 Å². The van der Waals surface area contributed by atoms with E-state index in [0.717, 1.165) is 11.3 Å². The van der Waals surface area contributed by atoms with Crippen LogP contribution in [0.4, 0.5) is 15.2 Å². The van der Waals surface area contributed by atoms with Crippen molar-refractivity contribution in [2.75, 3.05) is 30.8 Å². The number of benzene rings is 1. The molecule has 3 rings (SSSR count). The molecule has 36 heavy (non-hydrogen) atoms. The molecule has 0 atom stereocenters. The largest absolute Gasteiger partial charge is 0.465 e. The standard InChI is InChI=1S/C23H24Cl2FN5O3S2/c1-5-30(6-2)21(32)18-12(3)17(22(33)34-4)20(36-18)28-23(35)27-19-15(25)11-31(29-19)10-13-14(24)8-7-9-16(13)26/h7-9,11H,5-6,10H2,1-4H3,(H2,27,28,29,35). The fourth-order valence-corrected chi connectivity index (χ4v) is 5.31. The van der Waals surface area contributed by atoms with Gasteiger partial charge in [0.15, 0.2) is 10.9 Å². The van der Waals surface area contributed by atoms with Gasteiger partial charge in [-0.15, -0.1) is 11.3 Å². The number of thiophene rings is 1. The molecule has 0 fully saturated rings. The van der Waals surface area contributed by atoms with E-state index in [1.165, 1.54) is 30.1 Å². The molecule has 0 aliphatic carbocycles. The number of hydrogen-bond donors (Lipinski definition) is 2. The molecular weight excluding hydrogens is 548 g/mol. The fourth-order valence-electron chi connectivity index (χ4n) is 3.46. The van der Waals surface area contributed by atoms with Gasteiger partial charge in [-0.25, -0.2) is 9.18 Å². The second-order valence-corrected chi connectivity index (χ2v) is 9.78. The molecule has 0 radical (unpaired) electrons. The first-order valence-electron chi connectivity index (χ1n) is 10.9. The monoisotopic (exact) mass is 571 g/mol. The second-order valence-electron chi connectivity index (χ2n) is 7.53. The SMILES string of the molecule is CCN(CC)C(=O)c1sc(NC(=S)Nc2nn(Cc3c(F)cccc3Cl)cc2Cl)c(C(=O)OC)c1C. The molecule has 1 amide bonds. The molecule has 0 spiro atoms. The minimum absolute atomic E-state index is 0.0561. The third kappa shape index (κ3) is 5.97. The average molecular weight is 573 g/mol. The highest BCUT2D eigenvalue weighted by atomic mass is 35.5. The Kier molecular flexibility index (Phi) is 9.29. The molecule has 8 nitrogen and oxygen atoms in total. The van der Waals surface area contributed by atoms with E-state index in [4.69, 9.17) is 40.2 Å². The number of rotatable bonds is 8. The highest BCUT2D eigenvalue weighted by molar-refractivity contribution is 7.80. The maximum Gasteiger partial charge on any atom is 0.341 e. The zero-order chi connectivity index (χ0) is 26.6. The van der Waals surface area contributed by atoms with Crippen molar-refractivity contribution in [1.29, 1.82) is 0 Å². The maximum absolute atomic E-state index is 14.1. The smallest absolute Gasteiger partial charge is 0.341 e. The zero-order valence-corrected chi connectivity index (χ0v) is 23.1. The number of anilines is 2. The van der Waals surface area contributed by atoms with E-state index < -0.39 is 11.8 Å². The lowest BCUT2D eigenvalue weighted by Gasteiger charge is -2.17. The van der Waals surface area contributed by atoms with Crippen LogP contribution in [0.1, 0.15) is 45.0 Å². The highest BCUT2D eigenvalue weighted by Gasteiger charge is 2.27. The molecule has 3 aromatic rings. The van der Waals surface area contributed by atoms with Crippen LogP contribution in [0.25, 0.3) is 0 Å². The molecular formula is C23H24Cl2FN5O3S2. The summed E-state index contributed by atoms with van der Waals surface area (Å²) in [7, 11) is 1.26. The first-order chi connectivity index (χ1) is 17.1. The Hall–Kier alpha value is -2.73. The van der Waals surface area contributed by atoms with Gasteiger partial charge in [0, 0.05) is 29.9 Å². The Morgan fingerprint density at radius 1 is 1.22 bits per heavy atom. The van der Waals surface area contributed by atoms with E-state index in [1.54, 1.807) is 17.9 Å². The van der Waals surface area contributed by atoms with Gasteiger partial charge in [0.05, 0.1) is 24.1 Å². The lowest BCUT2D eigenvalue weighted by molar-refractivity contribution is 0.0601. The predicted molar refractivity (Wildman–Crippen MR) is 145 cm³/mol. The summed E-state index contributed by atoms with van der Waals surface area (Å²) in [5.41, 5.74) is 0.985. The number of nitrogens with zero attached hydrogens (tertiary/aromatic N) is 3. The van der Waals surface area contributed by atoms with E-state index in [-0.39, 0.29) is 44.6 Å². The summed E-state index contributed by atoms with van der Waals surface area (Å²) in [6.45, 7) is 6.57. The Labute approximate surface area is 227 Å². The number of nitrogens with one attached hydrogen (secondary N) is 2. The number of carbonyl (C=O) groups excluding carboxylic acids is 2. The Morgan fingerprint density at radius 3 is 2.53 bits per heavy atom. The molecule has 13 heteroatoms. The first kappa shape index (κ1) is 27.9. The van der Waals surface area contributed by atoms with Gasteiger partial charge in [-0.3, -0.25) is 9.48 Å². The number of esters is 1. The molecule has 0 aliphatic rings. The highest BCUT2D eigenvalue weighted by Crippen LogP contribution is 2.35. The van der Waals surface area contributed by atoms with Crippen LogP contribution in [0.15, 0.2) is 24.4 Å². The molecule has 2 N–H and O–H groups in total. The van der Waals surface area contributed by atoms with Gasteiger partial charge in [-0.1, -0.05) is 29.3 Å². The number of hydrogen-bond acceptors (Lipinski definition) is 6. The summed E-state index contributed by atoms with van der Waals surface area (Å²) in [6.07, 6.45) is 1.51. The quantitative estimate of drug-likeness (QED) is 0.260. The molecule has 0 saturated carbocycles. The first-order valence-corrected chi connectivity index (χ1v) is 12.8. The molecule has 0 saturated heterocycles. The second kappa shape index (κ2) is 12.0. The van der Waals surface area contributed by atoms with Crippen LogP contribution in [0.2, 0.25) is 10.0 Å². The van der Waals surface area contributed by atoms with Gasteiger partial charge in [0.25, 0.3) is 5.91 Å². The van der Waals surface area contributed by atoms with Crippen LogP contribution in [-0.2, 0) is 11.3 Å². The number of ether oxygens (including phenoxy) is 1. The van der Waals surface area contributed by atoms with Gasteiger partial charge in [0.2, 0.25) is 0 Å². The van der Waals surface area contributed by atoms with Crippen molar-refractivity contribution >= 4 is 74.6 Å². The van der Waals surface area contributed by atoms with Gasteiger partial charge >= 0.3 is 5.97 Å². The summed E-state index contributed by atoms with van der Waals surface area (Å²) in [5, 5.41) is 11.1. The van der Waals surface area contributed by atoms with Crippen molar-refractivity contribution in [1.82, 2.24) is 14.7 Å². The number of amides is 1. The van der Waals surface area contributed by atoms with Crippen molar-refractivity contribution in [3.05, 3.63) is 61.8 Å². The van der Waals surface area contributed by atoms with Crippen molar-refractivity contribution < 1.29 is 18.7 Å². The number of methoxy groups -OCH3 is 1. The summed E-state index contributed by atoms with van der Waals surface area (Å²) >= 11 is 18.9. The van der Waals surface area contributed by atoms with Crippen LogP contribution < -0.4 is 10.6 Å². The topological polar surface area (TPSA) is 88.5 Å². The van der Waals surface area contributed by atoms with Crippen LogP contribution in [-0.4, -0.2) is 51.9 Å². The number of carbonyl (C=O) groups is 2. The van der Waals surface area contributed by atoms with E-state index in [9.17, 15) is 14.0 Å². The minimum atomic E-state index is -0.600. The van der Waals surface area contributed by atoms with Crippen LogP contribution in [0, 0.1) is 12.7 Å².